The van der Waals surface area contributed by atoms with E-state index in [1.807, 2.05) is 6.92 Å². The van der Waals surface area contributed by atoms with Crippen LogP contribution in [0, 0.1) is 11.8 Å². The van der Waals surface area contributed by atoms with Crippen LogP contribution in [-0.4, -0.2) is 32.5 Å². The van der Waals surface area contributed by atoms with Crippen LogP contribution in [0.1, 0.15) is 41.5 Å². The molecule has 1 rings (SSSR count). The zero-order chi connectivity index (χ0) is 16.6. The predicted octanol–water partition coefficient (Wildman–Crippen LogP) is 2.67. The lowest BCUT2D eigenvalue weighted by molar-refractivity contribution is -0.173. The fraction of sp³-hybridized carbons (Fsp3) is 0.867. The predicted molar refractivity (Wildman–Crippen MR) is 84.1 cm³/mol. The maximum absolute atomic E-state index is 11.8. The first kappa shape index (κ1) is 18.2. The van der Waals surface area contributed by atoms with Crippen LogP contribution in [-0.2, 0) is 18.8 Å². The summed E-state index contributed by atoms with van der Waals surface area (Å²) in [6.45, 7) is 16.4. The molecule has 0 aliphatic carbocycles. The zero-order valence-corrected chi connectivity index (χ0v) is 15.4. The largest absolute Gasteiger partial charge is 0.441 e. The Hall–Kier alpha value is -0.883. The number of amides is 1. The lowest BCUT2D eigenvalue weighted by Crippen LogP contribution is -2.65. The van der Waals surface area contributed by atoms with Gasteiger partial charge in [0, 0.05) is 6.92 Å². The van der Waals surface area contributed by atoms with Crippen molar-refractivity contribution >= 4 is 20.2 Å². The van der Waals surface area contributed by atoms with E-state index in [4.69, 9.17) is 9.16 Å². The second-order valence-corrected chi connectivity index (χ2v) is 11.8. The van der Waals surface area contributed by atoms with Gasteiger partial charge in [0.1, 0.15) is 5.92 Å². The molecular formula is C15H29NO4Si. The summed E-state index contributed by atoms with van der Waals surface area (Å²) in [5, 5.41) is 2.69. The summed E-state index contributed by atoms with van der Waals surface area (Å²) in [5.74, 6) is -0.424. The monoisotopic (exact) mass is 315 g/mol. The number of carbonyl (C=O) groups is 2. The van der Waals surface area contributed by atoms with E-state index in [-0.39, 0.29) is 17.0 Å². The lowest BCUT2D eigenvalue weighted by atomic mass is 9.93. The summed E-state index contributed by atoms with van der Waals surface area (Å²) in [4.78, 5) is 22.8. The van der Waals surface area contributed by atoms with Crippen LogP contribution >= 0.6 is 0 Å². The van der Waals surface area contributed by atoms with Crippen molar-refractivity contribution in [1.29, 1.82) is 0 Å². The topological polar surface area (TPSA) is 64.6 Å². The van der Waals surface area contributed by atoms with Crippen LogP contribution in [0.4, 0.5) is 0 Å². The highest BCUT2D eigenvalue weighted by Gasteiger charge is 2.50. The van der Waals surface area contributed by atoms with E-state index in [0.29, 0.717) is 5.92 Å². The third-order valence-electron chi connectivity index (χ3n) is 5.19. The molecular weight excluding hydrogens is 286 g/mol. The summed E-state index contributed by atoms with van der Waals surface area (Å²) in [5.41, 5.74) is 0. The molecule has 1 unspecified atom stereocenters. The van der Waals surface area contributed by atoms with Crippen LogP contribution in [0.15, 0.2) is 0 Å². The van der Waals surface area contributed by atoms with Gasteiger partial charge in [0.05, 0.1) is 6.10 Å². The maximum Gasteiger partial charge on any atom is 0.304 e. The molecule has 3 atom stereocenters. The Morgan fingerprint density at radius 3 is 2.19 bits per heavy atom. The Morgan fingerprint density at radius 1 is 1.29 bits per heavy atom. The van der Waals surface area contributed by atoms with Crippen LogP contribution in [0.25, 0.3) is 0 Å². The fourth-order valence-corrected chi connectivity index (χ4v) is 5.26. The van der Waals surface area contributed by atoms with Crippen molar-refractivity contribution in [3.8, 4) is 0 Å². The summed E-state index contributed by atoms with van der Waals surface area (Å²) in [6, 6.07) is 0. The van der Waals surface area contributed by atoms with Crippen molar-refractivity contribution in [1.82, 2.24) is 5.32 Å². The van der Waals surface area contributed by atoms with Gasteiger partial charge in [-0.25, -0.2) is 0 Å². The minimum atomic E-state index is -2.02. The van der Waals surface area contributed by atoms with Crippen LogP contribution in [0.3, 0.4) is 0 Å². The van der Waals surface area contributed by atoms with Gasteiger partial charge in [-0.3, -0.25) is 9.59 Å². The van der Waals surface area contributed by atoms with E-state index >= 15 is 0 Å². The zero-order valence-electron chi connectivity index (χ0n) is 14.4. The quantitative estimate of drug-likeness (QED) is 0.465. The third kappa shape index (κ3) is 3.66. The van der Waals surface area contributed by atoms with Gasteiger partial charge in [0.2, 0.25) is 5.91 Å². The highest BCUT2D eigenvalue weighted by atomic mass is 28.4. The minimum Gasteiger partial charge on any atom is -0.441 e. The number of rotatable bonds is 6. The minimum absolute atomic E-state index is 0.0818. The van der Waals surface area contributed by atoms with Gasteiger partial charge >= 0.3 is 5.97 Å². The molecule has 0 spiro atoms. The van der Waals surface area contributed by atoms with Crippen molar-refractivity contribution < 1.29 is 18.8 Å². The van der Waals surface area contributed by atoms with E-state index < -0.39 is 26.4 Å². The fourth-order valence-electron chi connectivity index (χ4n) is 2.49. The number of nitrogens with one attached hydrogen (secondary N) is 1. The smallest absolute Gasteiger partial charge is 0.304 e. The lowest BCUT2D eigenvalue weighted by Gasteiger charge is -2.47. The molecule has 21 heavy (non-hydrogen) atoms. The van der Waals surface area contributed by atoms with Crippen molar-refractivity contribution in [2.75, 3.05) is 0 Å². The molecule has 0 saturated carbocycles. The molecule has 0 bridgehead atoms. The Balaban J connectivity index is 2.77. The van der Waals surface area contributed by atoms with E-state index in [2.05, 4.69) is 46.1 Å². The molecule has 1 aliphatic heterocycles. The number of esters is 1. The number of ether oxygens (including phenoxy) is 1. The highest BCUT2D eigenvalue weighted by Crippen LogP contribution is 2.45. The normalized spacial score (nSPS) is 24.3. The van der Waals surface area contributed by atoms with Crippen LogP contribution < -0.4 is 5.32 Å². The van der Waals surface area contributed by atoms with Gasteiger partial charge in [-0.2, -0.15) is 0 Å². The second kappa shape index (κ2) is 6.08. The molecule has 0 radical (unpaired) electrons. The van der Waals surface area contributed by atoms with Crippen LogP contribution in [0.5, 0.6) is 0 Å². The van der Waals surface area contributed by atoms with Gasteiger partial charge in [0.15, 0.2) is 14.5 Å². The average Bonchev–Trinajstić information content (AvgIpc) is 2.25. The molecule has 1 amide bonds. The molecule has 6 heteroatoms. The summed E-state index contributed by atoms with van der Waals surface area (Å²) in [7, 11) is -2.02. The summed E-state index contributed by atoms with van der Waals surface area (Å²) in [6.07, 6.45) is -0.820. The van der Waals surface area contributed by atoms with Crippen molar-refractivity contribution in [3.63, 3.8) is 0 Å². The van der Waals surface area contributed by atoms with E-state index in [1.165, 1.54) is 6.92 Å². The van der Waals surface area contributed by atoms with Gasteiger partial charge < -0.3 is 14.5 Å². The number of carbonyl (C=O) groups excluding carboxylic acids is 2. The molecule has 0 aromatic rings. The number of β-lactam (4-membered cyclic amide) rings is 1. The van der Waals surface area contributed by atoms with E-state index in [1.54, 1.807) is 0 Å². The number of hydrogen-bond acceptors (Lipinski definition) is 4. The Morgan fingerprint density at radius 2 is 1.81 bits per heavy atom. The average molecular weight is 315 g/mol. The third-order valence-corrected chi connectivity index (χ3v) is 9.83. The second-order valence-electron chi connectivity index (χ2n) is 7.27. The van der Waals surface area contributed by atoms with Gasteiger partial charge in [-0.15, -0.1) is 0 Å². The van der Waals surface area contributed by atoms with E-state index in [9.17, 15) is 9.59 Å². The molecule has 1 aliphatic rings. The van der Waals surface area contributed by atoms with Crippen molar-refractivity contribution in [2.24, 2.45) is 11.8 Å². The van der Waals surface area contributed by atoms with E-state index in [0.717, 1.165) is 0 Å². The Kier molecular flexibility index (Phi) is 5.26. The standard InChI is InChI=1S/C15H29NO4Si/c1-9(2)15(5,6)21(7,8)20-10(3)12-13(18)16-14(12)19-11(4)17/h9-10,12,14H,1-8H3,(H,16,18)/t10?,12-,14+/m0/s1. The van der Waals surface area contributed by atoms with Gasteiger partial charge in [0.25, 0.3) is 0 Å². The maximum atomic E-state index is 11.8. The van der Waals surface area contributed by atoms with Gasteiger partial charge in [-0.1, -0.05) is 27.7 Å². The highest BCUT2D eigenvalue weighted by molar-refractivity contribution is 6.74. The first-order valence-corrected chi connectivity index (χ1v) is 10.5. The molecule has 1 heterocycles. The van der Waals surface area contributed by atoms with Crippen molar-refractivity contribution in [2.45, 2.75) is 72.0 Å². The summed E-state index contributed by atoms with van der Waals surface area (Å²) >= 11 is 0. The number of hydrogen-bond donors (Lipinski definition) is 1. The van der Waals surface area contributed by atoms with Gasteiger partial charge in [-0.05, 0) is 31.0 Å². The first-order valence-electron chi connectivity index (χ1n) is 7.55. The SMILES string of the molecule is CC(=O)O[C@H]1NC(=O)[C@@H]1C(C)O[Si](C)(C)C(C)(C)C(C)C. The molecule has 1 N–H and O–H groups in total. The van der Waals surface area contributed by atoms with Crippen molar-refractivity contribution in [3.05, 3.63) is 0 Å². The Labute approximate surface area is 128 Å². The Bertz CT molecular complexity index is 420. The van der Waals surface area contributed by atoms with Crippen LogP contribution in [0.2, 0.25) is 18.1 Å². The summed E-state index contributed by atoms with van der Waals surface area (Å²) < 4.78 is 11.4. The first-order chi connectivity index (χ1) is 9.40. The molecule has 5 nitrogen and oxygen atoms in total. The molecule has 1 saturated heterocycles. The molecule has 0 aromatic carbocycles. The molecule has 0 aromatic heterocycles. The molecule has 122 valence electrons. The molecule has 1 fully saturated rings.